The summed E-state index contributed by atoms with van der Waals surface area (Å²) in [7, 11) is 0. The third-order valence-electron chi connectivity index (χ3n) is 5.02. The van der Waals surface area contributed by atoms with Crippen molar-refractivity contribution < 1.29 is 53.4 Å². The maximum atomic E-state index is 13.0. The minimum Gasteiger partial charge on any atom is -0.474 e. The number of nitrogens with one attached hydrogen (secondary N) is 7. The maximum Gasteiger partial charge on any atom is 0.394 e. The summed E-state index contributed by atoms with van der Waals surface area (Å²) in [5, 5.41) is 25.8. The lowest BCUT2D eigenvalue weighted by atomic mass is 10.1. The molecule has 0 rings (SSSR count). The summed E-state index contributed by atoms with van der Waals surface area (Å²) in [5.41, 5.74) is 5.44. The Morgan fingerprint density at radius 1 is 0.550 bits per heavy atom. The molecule has 0 saturated carbocycles. The van der Waals surface area contributed by atoms with E-state index in [2.05, 4.69) is 10.6 Å². The van der Waals surface area contributed by atoms with Gasteiger partial charge in [-0.15, -0.1) is 0 Å². The summed E-state index contributed by atoms with van der Waals surface area (Å²) in [4.78, 5) is 105. The molecule has 0 aliphatic heterocycles. The van der Waals surface area contributed by atoms with Gasteiger partial charge in [-0.2, -0.15) is 0 Å². The van der Waals surface area contributed by atoms with Crippen LogP contribution in [0.15, 0.2) is 0 Å². The molecule has 40 heavy (non-hydrogen) atoms. The first-order valence-corrected chi connectivity index (χ1v) is 11.4. The molecule has 15 N–H and O–H groups in total. The maximum absolute atomic E-state index is 13.0. The van der Waals surface area contributed by atoms with Crippen molar-refractivity contribution in [3.8, 4) is 0 Å². The standard InChI is InChI=1S/C19H32N10O11/c20-27-11(30)5-3-9(14(33)25-10(15(34)29-22)4-6-12(31)28-21)24-13(32)8(26-17(36)19(39)40)2-1-7-23-16(35)18(37)38/h8-10H,1-7,20-22H2,(H,23,35)(H,24,32)(H,25,33)(H,26,36)(H,27,30)(H,28,31)(H,29,34)(H,37,38)(H,39,40)/t8-,9-,10-/m0/s1. The van der Waals surface area contributed by atoms with Crippen molar-refractivity contribution in [2.45, 2.75) is 56.7 Å². The van der Waals surface area contributed by atoms with Crippen molar-refractivity contribution in [1.29, 1.82) is 0 Å². The van der Waals surface area contributed by atoms with Crippen LogP contribution in [0.1, 0.15) is 38.5 Å². The molecule has 0 unspecified atom stereocenters. The second-order valence-electron chi connectivity index (χ2n) is 7.88. The van der Waals surface area contributed by atoms with E-state index in [1.54, 1.807) is 5.43 Å². The minimum atomic E-state index is -1.94. The summed E-state index contributed by atoms with van der Waals surface area (Å²) < 4.78 is 0. The highest BCUT2D eigenvalue weighted by Crippen LogP contribution is 2.05. The van der Waals surface area contributed by atoms with Gasteiger partial charge in [0.2, 0.25) is 23.6 Å². The van der Waals surface area contributed by atoms with Crippen LogP contribution >= 0.6 is 0 Å². The Balaban J connectivity index is 5.75. The lowest BCUT2D eigenvalue weighted by Gasteiger charge is -2.25. The molecule has 0 aliphatic rings. The number of carbonyl (C=O) groups is 9. The second kappa shape index (κ2) is 18.4. The number of hydrazine groups is 3. The van der Waals surface area contributed by atoms with E-state index in [9.17, 15) is 43.2 Å². The van der Waals surface area contributed by atoms with Gasteiger partial charge in [0.15, 0.2) is 0 Å². The Morgan fingerprint density at radius 2 is 0.975 bits per heavy atom. The van der Waals surface area contributed by atoms with Crippen LogP contribution in [-0.2, 0) is 43.2 Å². The summed E-state index contributed by atoms with van der Waals surface area (Å²) in [5.74, 6) is 4.00. The molecule has 0 aromatic rings. The smallest absolute Gasteiger partial charge is 0.394 e. The fourth-order valence-electron chi connectivity index (χ4n) is 2.95. The third kappa shape index (κ3) is 13.6. The highest BCUT2D eigenvalue weighted by atomic mass is 16.4. The van der Waals surface area contributed by atoms with Gasteiger partial charge >= 0.3 is 23.8 Å². The molecular weight excluding hydrogens is 544 g/mol. The summed E-state index contributed by atoms with van der Waals surface area (Å²) >= 11 is 0. The molecule has 21 nitrogen and oxygen atoms in total. The normalized spacial score (nSPS) is 12.4. The van der Waals surface area contributed by atoms with E-state index in [-0.39, 0.29) is 32.2 Å². The van der Waals surface area contributed by atoms with E-state index in [0.717, 1.165) is 0 Å². The zero-order chi connectivity index (χ0) is 30.8. The molecule has 0 spiro atoms. The second-order valence-corrected chi connectivity index (χ2v) is 7.88. The first-order valence-electron chi connectivity index (χ1n) is 11.4. The highest BCUT2D eigenvalue weighted by Gasteiger charge is 2.31. The number of nitrogens with two attached hydrogens (primary N) is 3. The SMILES string of the molecule is NNC(=O)CC[C@H](NC(=O)[C@H](CCC(=O)NN)NC(=O)[C@H](CCCNC(=O)C(=O)O)NC(=O)C(=O)O)C(=O)NN. The van der Waals surface area contributed by atoms with Crippen molar-refractivity contribution in [2.24, 2.45) is 17.5 Å². The van der Waals surface area contributed by atoms with Gasteiger partial charge in [0, 0.05) is 19.4 Å². The zero-order valence-electron chi connectivity index (χ0n) is 21.0. The average Bonchev–Trinajstić information content (AvgIpc) is 2.92. The highest BCUT2D eigenvalue weighted by molar-refractivity contribution is 6.32. The summed E-state index contributed by atoms with van der Waals surface area (Å²) in [6, 6.07) is -4.55. The number of aliphatic carboxylic acids is 2. The number of rotatable bonds is 16. The Bertz CT molecular complexity index is 990. The molecule has 0 fully saturated rings. The molecule has 3 atom stereocenters. The predicted molar refractivity (Wildman–Crippen MR) is 129 cm³/mol. The lowest BCUT2D eigenvalue weighted by molar-refractivity contribution is -0.151. The van der Waals surface area contributed by atoms with Gasteiger partial charge in [0.05, 0.1) is 0 Å². The van der Waals surface area contributed by atoms with Crippen molar-refractivity contribution >= 4 is 53.3 Å². The number of carboxylic acid groups (broad SMARTS) is 2. The number of carboxylic acids is 2. The van der Waals surface area contributed by atoms with Crippen LogP contribution in [0.5, 0.6) is 0 Å². The molecule has 21 heteroatoms. The molecule has 0 heterocycles. The van der Waals surface area contributed by atoms with Crippen LogP contribution in [0, 0.1) is 0 Å². The average molecular weight is 577 g/mol. The van der Waals surface area contributed by atoms with Crippen molar-refractivity contribution in [3.05, 3.63) is 0 Å². The molecule has 7 amide bonds. The topological polar surface area (TPSA) is 356 Å². The van der Waals surface area contributed by atoms with Crippen molar-refractivity contribution in [3.63, 3.8) is 0 Å². The number of amides is 7. The van der Waals surface area contributed by atoms with Gasteiger partial charge in [-0.05, 0) is 25.7 Å². The van der Waals surface area contributed by atoms with E-state index in [4.69, 9.17) is 27.7 Å². The summed E-state index contributed by atoms with van der Waals surface area (Å²) in [6.07, 6.45) is -1.84. The fraction of sp³-hybridized carbons (Fsp3) is 0.526. The van der Waals surface area contributed by atoms with E-state index in [1.165, 1.54) is 0 Å². The Labute approximate surface area is 225 Å². The number of hydrogen-bond acceptors (Lipinski definition) is 12. The van der Waals surface area contributed by atoms with Crippen LogP contribution in [0.3, 0.4) is 0 Å². The molecule has 0 aromatic heterocycles. The van der Waals surface area contributed by atoms with Crippen LogP contribution in [0.4, 0.5) is 0 Å². The van der Waals surface area contributed by atoms with Crippen LogP contribution in [0.2, 0.25) is 0 Å². The lowest BCUT2D eigenvalue weighted by Crippen LogP contribution is -2.57. The number of hydrogen-bond donors (Lipinski definition) is 12. The Kier molecular flexibility index (Phi) is 16.1. The minimum absolute atomic E-state index is 0.120. The van der Waals surface area contributed by atoms with E-state index < -0.39 is 84.3 Å². The monoisotopic (exact) mass is 576 g/mol. The van der Waals surface area contributed by atoms with E-state index in [1.807, 2.05) is 21.5 Å². The van der Waals surface area contributed by atoms with Crippen LogP contribution in [-0.4, -0.2) is 88.2 Å². The van der Waals surface area contributed by atoms with Gasteiger partial charge in [-0.3, -0.25) is 49.8 Å². The largest absolute Gasteiger partial charge is 0.474 e. The van der Waals surface area contributed by atoms with Crippen LogP contribution in [0.25, 0.3) is 0 Å². The molecule has 224 valence electrons. The van der Waals surface area contributed by atoms with Crippen molar-refractivity contribution in [2.75, 3.05) is 6.54 Å². The zero-order valence-corrected chi connectivity index (χ0v) is 21.0. The predicted octanol–water partition coefficient (Wildman–Crippen LogP) is -6.96. The Morgan fingerprint density at radius 3 is 1.38 bits per heavy atom. The van der Waals surface area contributed by atoms with Gasteiger partial charge < -0.3 is 31.5 Å². The van der Waals surface area contributed by atoms with Gasteiger partial charge in [0.1, 0.15) is 18.1 Å². The summed E-state index contributed by atoms with van der Waals surface area (Å²) in [6.45, 7) is -0.273. The molecule has 0 bridgehead atoms. The van der Waals surface area contributed by atoms with E-state index in [0.29, 0.717) is 0 Å². The molecular formula is C19H32N10O11. The fourth-order valence-corrected chi connectivity index (χ4v) is 2.95. The first-order chi connectivity index (χ1) is 18.8. The quantitative estimate of drug-likeness (QED) is 0.0267. The molecule has 0 aromatic carbocycles. The van der Waals surface area contributed by atoms with E-state index >= 15 is 0 Å². The van der Waals surface area contributed by atoms with Gasteiger partial charge in [-0.1, -0.05) is 0 Å². The molecule has 0 radical (unpaired) electrons. The number of carbonyl (C=O) groups excluding carboxylic acids is 7. The van der Waals surface area contributed by atoms with Crippen molar-refractivity contribution in [1.82, 2.24) is 37.5 Å². The first kappa shape index (κ1) is 35.1. The molecule has 0 aliphatic carbocycles. The van der Waals surface area contributed by atoms with Gasteiger partial charge in [0.25, 0.3) is 5.91 Å². The third-order valence-corrected chi connectivity index (χ3v) is 5.02. The van der Waals surface area contributed by atoms with Gasteiger partial charge in [-0.25, -0.2) is 27.1 Å². The Hall–Kier alpha value is -4.89. The van der Waals surface area contributed by atoms with Crippen LogP contribution < -0.4 is 55.1 Å². The molecule has 0 saturated heterocycles.